The van der Waals surface area contributed by atoms with Crippen LogP contribution < -0.4 is 0 Å². The zero-order chi connectivity index (χ0) is 13.3. The molecule has 0 saturated carbocycles. The van der Waals surface area contributed by atoms with Gasteiger partial charge in [-0.05, 0) is 10.6 Å². The lowest BCUT2D eigenvalue weighted by atomic mass is 10.1. The van der Waals surface area contributed by atoms with E-state index >= 15 is 0 Å². The highest BCUT2D eigenvalue weighted by atomic mass is 28.3. The molecule has 17 heavy (non-hydrogen) atoms. The lowest BCUT2D eigenvalue weighted by Gasteiger charge is -2.41. The van der Waals surface area contributed by atoms with Gasteiger partial charge in [-0.1, -0.05) is 58.1 Å². The second-order valence-electron chi connectivity index (χ2n) is 6.12. The van der Waals surface area contributed by atoms with Crippen molar-refractivity contribution in [3.05, 3.63) is 35.4 Å². The third-order valence-electron chi connectivity index (χ3n) is 4.03. The number of carbonyl (C=O) groups excluding carboxylic acids is 1. The Bertz CT molecular complexity index is 405. The van der Waals surface area contributed by atoms with E-state index in [0.29, 0.717) is 5.56 Å². The van der Waals surface area contributed by atoms with E-state index in [-0.39, 0.29) is 5.04 Å². The third-order valence-corrected chi connectivity index (χ3v) is 9.58. The van der Waals surface area contributed by atoms with E-state index in [1.165, 1.54) is 0 Å². The molecular formula is C14H22O2Si. The summed E-state index contributed by atoms with van der Waals surface area (Å²) in [7, 11) is -1.90. The van der Waals surface area contributed by atoms with Crippen molar-refractivity contribution in [1.29, 1.82) is 0 Å². The SMILES string of the molecule is CC(C)(C)[Si](C)(C)C(O)c1ccccc1C=O. The van der Waals surface area contributed by atoms with Gasteiger partial charge in [0.1, 0.15) is 6.29 Å². The molecule has 1 N–H and O–H groups in total. The number of hydrogen-bond donors (Lipinski definition) is 1. The molecule has 1 aromatic rings. The minimum Gasteiger partial charge on any atom is -0.392 e. The number of benzene rings is 1. The summed E-state index contributed by atoms with van der Waals surface area (Å²) < 4.78 is 0. The molecule has 0 aromatic heterocycles. The molecule has 1 aromatic carbocycles. The van der Waals surface area contributed by atoms with Gasteiger partial charge in [0, 0.05) is 5.56 Å². The van der Waals surface area contributed by atoms with Crippen LogP contribution in [0, 0.1) is 0 Å². The molecule has 0 aliphatic heterocycles. The van der Waals surface area contributed by atoms with Gasteiger partial charge in [-0.2, -0.15) is 0 Å². The first-order valence-corrected chi connectivity index (χ1v) is 9.01. The maximum Gasteiger partial charge on any atom is 0.150 e. The van der Waals surface area contributed by atoms with Crippen molar-refractivity contribution in [3.8, 4) is 0 Å². The number of aldehydes is 1. The first-order chi connectivity index (χ1) is 7.71. The molecule has 1 atom stereocenters. The van der Waals surface area contributed by atoms with Crippen molar-refractivity contribution < 1.29 is 9.90 Å². The number of carbonyl (C=O) groups is 1. The number of rotatable bonds is 3. The summed E-state index contributed by atoms with van der Waals surface area (Å²) in [5.74, 6) is 0. The molecule has 3 heteroatoms. The van der Waals surface area contributed by atoms with Crippen LogP contribution in [0.5, 0.6) is 0 Å². The molecule has 0 radical (unpaired) electrons. The van der Waals surface area contributed by atoms with Crippen molar-refractivity contribution in [2.45, 2.75) is 44.6 Å². The van der Waals surface area contributed by atoms with Crippen LogP contribution in [-0.2, 0) is 0 Å². The largest absolute Gasteiger partial charge is 0.392 e. The fourth-order valence-electron chi connectivity index (χ4n) is 1.67. The van der Waals surface area contributed by atoms with Gasteiger partial charge >= 0.3 is 0 Å². The first-order valence-electron chi connectivity index (χ1n) is 5.94. The van der Waals surface area contributed by atoms with Crippen LogP contribution >= 0.6 is 0 Å². The van der Waals surface area contributed by atoms with Gasteiger partial charge in [0.25, 0.3) is 0 Å². The van der Waals surface area contributed by atoms with E-state index < -0.39 is 13.8 Å². The summed E-state index contributed by atoms with van der Waals surface area (Å²) in [6.07, 6.45) is 0.825. The van der Waals surface area contributed by atoms with E-state index in [2.05, 4.69) is 33.9 Å². The predicted molar refractivity (Wildman–Crippen MR) is 74.0 cm³/mol. The van der Waals surface area contributed by atoms with Crippen molar-refractivity contribution in [2.75, 3.05) is 0 Å². The Labute approximate surface area is 105 Å². The van der Waals surface area contributed by atoms with Crippen LogP contribution in [0.15, 0.2) is 24.3 Å². The second-order valence-corrected chi connectivity index (χ2v) is 11.6. The molecule has 94 valence electrons. The predicted octanol–water partition coefficient (Wildman–Crippen LogP) is 3.58. The number of aliphatic hydroxyl groups is 1. The van der Waals surface area contributed by atoms with E-state index in [0.717, 1.165) is 11.8 Å². The number of aliphatic hydroxyl groups excluding tert-OH is 1. The average Bonchev–Trinajstić information content (AvgIpc) is 2.26. The molecule has 0 amide bonds. The monoisotopic (exact) mass is 250 g/mol. The van der Waals surface area contributed by atoms with Gasteiger partial charge < -0.3 is 5.11 Å². The van der Waals surface area contributed by atoms with E-state index in [4.69, 9.17) is 0 Å². The van der Waals surface area contributed by atoms with Crippen LogP contribution in [0.4, 0.5) is 0 Å². The molecule has 2 nitrogen and oxygen atoms in total. The molecule has 0 bridgehead atoms. The quantitative estimate of drug-likeness (QED) is 0.657. The maximum atomic E-state index is 11.0. The Hall–Kier alpha value is -0.933. The Morgan fingerprint density at radius 3 is 2.24 bits per heavy atom. The Morgan fingerprint density at radius 2 is 1.76 bits per heavy atom. The standard InChI is InChI=1S/C14H22O2Si/c1-14(2,3)17(4,5)13(16)12-9-7-6-8-11(12)10-15/h6-10,13,16H,1-5H3. The van der Waals surface area contributed by atoms with E-state index in [1.807, 2.05) is 18.2 Å². The maximum absolute atomic E-state index is 11.0. The van der Waals surface area contributed by atoms with Crippen LogP contribution in [0.2, 0.25) is 18.1 Å². The second kappa shape index (κ2) is 4.74. The third kappa shape index (κ3) is 2.67. The van der Waals surface area contributed by atoms with Gasteiger partial charge in [0.2, 0.25) is 0 Å². The van der Waals surface area contributed by atoms with Crippen LogP contribution in [-0.4, -0.2) is 19.5 Å². The molecular weight excluding hydrogens is 228 g/mol. The molecule has 0 saturated heterocycles. The number of hydrogen-bond acceptors (Lipinski definition) is 2. The first kappa shape index (κ1) is 14.1. The van der Waals surface area contributed by atoms with Crippen LogP contribution in [0.1, 0.15) is 42.4 Å². The average molecular weight is 250 g/mol. The highest BCUT2D eigenvalue weighted by Crippen LogP contribution is 2.43. The smallest absolute Gasteiger partial charge is 0.150 e. The highest BCUT2D eigenvalue weighted by Gasteiger charge is 2.42. The summed E-state index contributed by atoms with van der Waals surface area (Å²) in [5.41, 5.74) is 0.864. The van der Waals surface area contributed by atoms with Crippen LogP contribution in [0.25, 0.3) is 0 Å². The minimum absolute atomic E-state index is 0.0857. The summed E-state index contributed by atoms with van der Waals surface area (Å²) in [5, 5.41) is 10.7. The van der Waals surface area contributed by atoms with E-state index in [9.17, 15) is 9.90 Å². The van der Waals surface area contributed by atoms with Gasteiger partial charge in [-0.3, -0.25) is 4.79 Å². The Balaban J connectivity index is 3.21. The van der Waals surface area contributed by atoms with Gasteiger partial charge in [0.05, 0.1) is 13.8 Å². The molecule has 0 aliphatic rings. The summed E-state index contributed by atoms with van der Waals surface area (Å²) in [6, 6.07) is 7.32. The summed E-state index contributed by atoms with van der Waals surface area (Å²) in [4.78, 5) is 11.0. The zero-order valence-electron chi connectivity index (χ0n) is 11.3. The zero-order valence-corrected chi connectivity index (χ0v) is 12.3. The van der Waals surface area contributed by atoms with Crippen molar-refractivity contribution in [3.63, 3.8) is 0 Å². The van der Waals surface area contributed by atoms with Gasteiger partial charge in [0.15, 0.2) is 0 Å². The summed E-state index contributed by atoms with van der Waals surface area (Å²) in [6.45, 7) is 10.8. The molecule has 0 fully saturated rings. The normalized spacial score (nSPS) is 14.5. The minimum atomic E-state index is -1.90. The molecule has 1 rings (SSSR count). The molecule has 1 unspecified atom stereocenters. The lowest BCUT2D eigenvalue weighted by Crippen LogP contribution is -2.44. The Morgan fingerprint density at radius 1 is 1.24 bits per heavy atom. The fraction of sp³-hybridized carbons (Fsp3) is 0.500. The molecule has 0 aliphatic carbocycles. The molecule has 0 spiro atoms. The van der Waals surface area contributed by atoms with E-state index in [1.54, 1.807) is 6.07 Å². The fourth-order valence-corrected chi connectivity index (χ4v) is 3.53. The topological polar surface area (TPSA) is 37.3 Å². The van der Waals surface area contributed by atoms with Crippen LogP contribution in [0.3, 0.4) is 0 Å². The van der Waals surface area contributed by atoms with Crippen molar-refractivity contribution in [1.82, 2.24) is 0 Å². The highest BCUT2D eigenvalue weighted by molar-refractivity contribution is 6.81. The molecule has 0 heterocycles. The Kier molecular flexibility index (Phi) is 3.94. The van der Waals surface area contributed by atoms with Gasteiger partial charge in [-0.25, -0.2) is 0 Å². The van der Waals surface area contributed by atoms with Gasteiger partial charge in [-0.15, -0.1) is 0 Å². The lowest BCUT2D eigenvalue weighted by molar-refractivity contribution is 0.111. The van der Waals surface area contributed by atoms with Crippen molar-refractivity contribution >= 4 is 14.4 Å². The summed E-state index contributed by atoms with van der Waals surface area (Å²) >= 11 is 0. The van der Waals surface area contributed by atoms with Crippen molar-refractivity contribution in [2.24, 2.45) is 0 Å².